The average Bonchev–Trinajstić information content (AvgIpc) is 2.48. The van der Waals surface area contributed by atoms with Crippen molar-refractivity contribution in [2.24, 2.45) is 9.98 Å². The number of allylic oxidation sites excluding steroid dienone is 1. The Balaban J connectivity index is 0.00000147. The Morgan fingerprint density at radius 3 is 2.68 bits per heavy atom. The van der Waals surface area contributed by atoms with Crippen molar-refractivity contribution in [1.82, 2.24) is 0 Å². The summed E-state index contributed by atoms with van der Waals surface area (Å²) in [5, 5.41) is 0. The number of aryl methyl sites for hydroxylation is 1. The number of hydrogen-bond donors (Lipinski definition) is 0. The molecule has 0 atom stereocenters. The SMILES string of the molecule is CCC1=NC=CCC1=Nc1cccc2c1CCCC2.[Cl-].[Cl-].[Fe+2]. The molecule has 120 valence electrons. The second kappa shape index (κ2) is 10.2. The van der Waals surface area contributed by atoms with Crippen LogP contribution >= 0.6 is 0 Å². The summed E-state index contributed by atoms with van der Waals surface area (Å²) in [7, 11) is 0. The molecule has 0 radical (unpaired) electrons. The molecule has 0 amide bonds. The number of rotatable bonds is 2. The van der Waals surface area contributed by atoms with Gasteiger partial charge >= 0.3 is 17.1 Å². The van der Waals surface area contributed by atoms with Gasteiger partial charge in [0.2, 0.25) is 0 Å². The molecule has 0 bridgehead atoms. The molecule has 1 heterocycles. The second-order valence-electron chi connectivity index (χ2n) is 5.20. The van der Waals surface area contributed by atoms with Crippen molar-refractivity contribution in [2.45, 2.75) is 45.4 Å². The van der Waals surface area contributed by atoms with Crippen LogP contribution in [0.5, 0.6) is 0 Å². The molecule has 0 fully saturated rings. The predicted molar refractivity (Wildman–Crippen MR) is 81.7 cm³/mol. The summed E-state index contributed by atoms with van der Waals surface area (Å²) in [4.78, 5) is 9.36. The maximum Gasteiger partial charge on any atom is 2.00 e. The molecule has 0 saturated heterocycles. The summed E-state index contributed by atoms with van der Waals surface area (Å²) in [5.74, 6) is 0. The van der Waals surface area contributed by atoms with Gasteiger partial charge in [-0.1, -0.05) is 25.1 Å². The molecule has 2 aliphatic rings. The molecule has 1 aliphatic heterocycles. The molecule has 0 N–H and O–H groups in total. The third-order valence-electron chi connectivity index (χ3n) is 3.94. The van der Waals surface area contributed by atoms with Crippen LogP contribution in [-0.4, -0.2) is 11.4 Å². The predicted octanol–water partition coefficient (Wildman–Crippen LogP) is -1.59. The monoisotopic (exact) mass is 378 g/mol. The van der Waals surface area contributed by atoms with Gasteiger partial charge in [-0.2, -0.15) is 0 Å². The molecule has 2 nitrogen and oxygen atoms in total. The van der Waals surface area contributed by atoms with Crippen LogP contribution in [0.2, 0.25) is 0 Å². The molecule has 22 heavy (non-hydrogen) atoms. The van der Waals surface area contributed by atoms with Gasteiger partial charge < -0.3 is 24.8 Å². The summed E-state index contributed by atoms with van der Waals surface area (Å²) in [5.41, 5.74) is 6.41. The van der Waals surface area contributed by atoms with Gasteiger partial charge in [0.25, 0.3) is 0 Å². The number of halogens is 2. The molecular formula is C17H20Cl2FeN2. The van der Waals surface area contributed by atoms with Crippen LogP contribution in [0.25, 0.3) is 0 Å². The Bertz CT molecular complexity index is 580. The van der Waals surface area contributed by atoms with E-state index in [9.17, 15) is 0 Å². The van der Waals surface area contributed by atoms with E-state index in [1.165, 1.54) is 42.5 Å². The standard InChI is InChI=1S/C17H20N2.2ClH.Fe/c1-2-15-17(11-6-12-18-15)19-16-10-5-8-13-7-3-4-9-14(13)16;;;/h5-6,8,10,12H,2-4,7,9,11H2,1H3;2*1H;/q;;;+2/p-2. The first-order chi connectivity index (χ1) is 9.38. The van der Waals surface area contributed by atoms with Crippen LogP contribution < -0.4 is 24.8 Å². The van der Waals surface area contributed by atoms with E-state index in [0.29, 0.717) is 0 Å². The fraction of sp³-hybridized carbons (Fsp3) is 0.412. The number of hydrogen-bond acceptors (Lipinski definition) is 2. The minimum atomic E-state index is 0. The molecule has 3 rings (SSSR count). The summed E-state index contributed by atoms with van der Waals surface area (Å²) >= 11 is 0. The van der Waals surface area contributed by atoms with Gasteiger partial charge in [0.15, 0.2) is 0 Å². The van der Waals surface area contributed by atoms with Crippen LogP contribution in [0.15, 0.2) is 40.5 Å². The maximum absolute atomic E-state index is 4.92. The van der Waals surface area contributed by atoms with Crippen molar-refractivity contribution < 1.29 is 41.9 Å². The molecular weight excluding hydrogens is 359 g/mol. The molecule has 1 aromatic carbocycles. The van der Waals surface area contributed by atoms with Crippen molar-refractivity contribution in [3.05, 3.63) is 41.6 Å². The Hall–Kier alpha value is -0.601. The van der Waals surface area contributed by atoms with E-state index in [2.05, 4.69) is 36.2 Å². The third kappa shape index (κ3) is 4.70. The van der Waals surface area contributed by atoms with Gasteiger partial charge in [0.05, 0.1) is 17.1 Å². The Morgan fingerprint density at radius 1 is 1.14 bits per heavy atom. The van der Waals surface area contributed by atoms with Crippen molar-refractivity contribution in [1.29, 1.82) is 0 Å². The largest absolute Gasteiger partial charge is 2.00 e. The quantitative estimate of drug-likeness (QED) is 0.554. The molecule has 0 saturated carbocycles. The number of nitrogens with zero attached hydrogens (tertiary/aromatic N) is 2. The van der Waals surface area contributed by atoms with Gasteiger partial charge in [-0.25, -0.2) is 0 Å². The van der Waals surface area contributed by atoms with E-state index in [1.807, 2.05) is 6.20 Å². The molecule has 1 aliphatic carbocycles. The molecule has 0 unspecified atom stereocenters. The molecule has 5 heteroatoms. The van der Waals surface area contributed by atoms with Crippen molar-refractivity contribution in [3.8, 4) is 0 Å². The summed E-state index contributed by atoms with van der Waals surface area (Å²) in [6.07, 6.45) is 10.9. The summed E-state index contributed by atoms with van der Waals surface area (Å²) < 4.78 is 0. The van der Waals surface area contributed by atoms with Gasteiger partial charge in [0.1, 0.15) is 0 Å². The Kier molecular flexibility index (Phi) is 9.95. The Labute approximate surface area is 155 Å². The van der Waals surface area contributed by atoms with Gasteiger partial charge in [-0.05, 0) is 49.3 Å². The average molecular weight is 379 g/mol. The first kappa shape index (κ1) is 21.4. The summed E-state index contributed by atoms with van der Waals surface area (Å²) in [6.45, 7) is 2.15. The van der Waals surface area contributed by atoms with E-state index in [-0.39, 0.29) is 41.9 Å². The van der Waals surface area contributed by atoms with E-state index in [0.717, 1.165) is 24.3 Å². The minimum absolute atomic E-state index is 0. The van der Waals surface area contributed by atoms with E-state index >= 15 is 0 Å². The van der Waals surface area contributed by atoms with E-state index in [4.69, 9.17) is 4.99 Å². The normalized spacial score (nSPS) is 17.5. The van der Waals surface area contributed by atoms with E-state index < -0.39 is 0 Å². The molecule has 0 spiro atoms. The first-order valence-corrected chi connectivity index (χ1v) is 7.29. The summed E-state index contributed by atoms with van der Waals surface area (Å²) in [6, 6.07) is 6.56. The maximum atomic E-state index is 4.92. The fourth-order valence-electron chi connectivity index (χ4n) is 2.92. The fourth-order valence-corrected chi connectivity index (χ4v) is 2.92. The van der Waals surface area contributed by atoms with Gasteiger partial charge in [-0.15, -0.1) is 0 Å². The number of aliphatic imine (C=N–C) groups is 2. The number of fused-ring (bicyclic) bond motifs is 1. The molecule has 1 aromatic rings. The smallest absolute Gasteiger partial charge is 1.00 e. The zero-order valence-corrected chi connectivity index (χ0v) is 15.2. The van der Waals surface area contributed by atoms with Crippen LogP contribution in [0.1, 0.15) is 43.7 Å². The number of benzene rings is 1. The van der Waals surface area contributed by atoms with Gasteiger partial charge in [-0.3, -0.25) is 9.98 Å². The van der Waals surface area contributed by atoms with Gasteiger partial charge in [0, 0.05) is 12.6 Å². The van der Waals surface area contributed by atoms with Crippen molar-refractivity contribution in [3.63, 3.8) is 0 Å². The minimum Gasteiger partial charge on any atom is -1.00 e. The molecule has 0 aromatic heterocycles. The van der Waals surface area contributed by atoms with Crippen LogP contribution in [0.3, 0.4) is 0 Å². The van der Waals surface area contributed by atoms with Crippen LogP contribution in [0, 0.1) is 0 Å². The second-order valence-corrected chi connectivity index (χ2v) is 5.20. The van der Waals surface area contributed by atoms with Crippen molar-refractivity contribution in [2.75, 3.05) is 0 Å². The Morgan fingerprint density at radius 2 is 1.91 bits per heavy atom. The third-order valence-corrected chi connectivity index (χ3v) is 3.94. The zero-order valence-electron chi connectivity index (χ0n) is 12.6. The van der Waals surface area contributed by atoms with Crippen LogP contribution in [-0.2, 0) is 29.9 Å². The van der Waals surface area contributed by atoms with Crippen molar-refractivity contribution >= 4 is 17.1 Å². The van der Waals surface area contributed by atoms with E-state index in [1.54, 1.807) is 0 Å². The topological polar surface area (TPSA) is 24.7 Å². The zero-order chi connectivity index (χ0) is 13.1. The van der Waals surface area contributed by atoms with Crippen LogP contribution in [0.4, 0.5) is 5.69 Å². The first-order valence-electron chi connectivity index (χ1n) is 7.29.